The van der Waals surface area contributed by atoms with Crippen LogP contribution in [-0.4, -0.2) is 35.1 Å². The summed E-state index contributed by atoms with van der Waals surface area (Å²) in [5.74, 6) is 0.464. The third-order valence-electron chi connectivity index (χ3n) is 4.55. The first-order valence-electron chi connectivity index (χ1n) is 8.13. The molecule has 3 nitrogen and oxygen atoms in total. The lowest BCUT2D eigenvalue weighted by atomic mass is 9.93. The standard InChI is InChI=1S/C18H27NO2/c1-3-15-6-8-16(9-7-15)10-11-18(21)19-12-4-5-17(13-19)14(2)20/h6-9,14,17,20H,3-5,10-13H2,1-2H3. The number of amides is 1. The van der Waals surface area contributed by atoms with Crippen LogP contribution in [0.1, 0.15) is 44.2 Å². The molecule has 3 heteroatoms. The molecule has 21 heavy (non-hydrogen) atoms. The summed E-state index contributed by atoms with van der Waals surface area (Å²) in [6.45, 7) is 5.53. The first-order chi connectivity index (χ1) is 10.1. The summed E-state index contributed by atoms with van der Waals surface area (Å²) in [5, 5.41) is 9.70. The fraction of sp³-hybridized carbons (Fsp3) is 0.611. The van der Waals surface area contributed by atoms with Gasteiger partial charge in [0.1, 0.15) is 0 Å². The van der Waals surface area contributed by atoms with Crippen molar-refractivity contribution in [3.05, 3.63) is 35.4 Å². The predicted octanol–water partition coefficient (Wildman–Crippen LogP) is 2.80. The lowest BCUT2D eigenvalue weighted by molar-refractivity contribution is -0.133. The quantitative estimate of drug-likeness (QED) is 0.905. The van der Waals surface area contributed by atoms with Crippen molar-refractivity contribution in [2.24, 2.45) is 5.92 Å². The van der Waals surface area contributed by atoms with E-state index < -0.39 is 0 Å². The van der Waals surface area contributed by atoms with E-state index in [4.69, 9.17) is 0 Å². The van der Waals surface area contributed by atoms with Crippen molar-refractivity contribution in [1.29, 1.82) is 0 Å². The number of aryl methyl sites for hydroxylation is 2. The smallest absolute Gasteiger partial charge is 0.222 e. The summed E-state index contributed by atoms with van der Waals surface area (Å²) < 4.78 is 0. The van der Waals surface area contributed by atoms with Gasteiger partial charge in [-0.2, -0.15) is 0 Å². The van der Waals surface area contributed by atoms with Gasteiger partial charge in [-0.3, -0.25) is 4.79 Å². The minimum Gasteiger partial charge on any atom is -0.393 e. The van der Waals surface area contributed by atoms with Gasteiger partial charge in [0.2, 0.25) is 5.91 Å². The van der Waals surface area contributed by atoms with Crippen molar-refractivity contribution >= 4 is 5.91 Å². The summed E-state index contributed by atoms with van der Waals surface area (Å²) in [6, 6.07) is 8.54. The number of hydrogen-bond acceptors (Lipinski definition) is 2. The zero-order valence-corrected chi connectivity index (χ0v) is 13.2. The first kappa shape index (κ1) is 16.0. The van der Waals surface area contributed by atoms with Gasteiger partial charge in [-0.1, -0.05) is 31.2 Å². The predicted molar refractivity (Wildman–Crippen MR) is 85.1 cm³/mol. The molecule has 0 spiro atoms. The maximum Gasteiger partial charge on any atom is 0.222 e. The summed E-state index contributed by atoms with van der Waals surface area (Å²) in [5.41, 5.74) is 2.56. The number of nitrogens with zero attached hydrogens (tertiary/aromatic N) is 1. The van der Waals surface area contributed by atoms with Crippen LogP contribution >= 0.6 is 0 Å². The molecule has 0 saturated carbocycles. The Hall–Kier alpha value is -1.35. The molecule has 1 aliphatic heterocycles. The molecule has 1 N–H and O–H groups in total. The van der Waals surface area contributed by atoms with Crippen LogP contribution in [0.3, 0.4) is 0 Å². The van der Waals surface area contributed by atoms with Crippen LogP contribution < -0.4 is 0 Å². The molecule has 116 valence electrons. The Bertz CT molecular complexity index is 453. The summed E-state index contributed by atoms with van der Waals surface area (Å²) in [4.78, 5) is 14.2. The summed E-state index contributed by atoms with van der Waals surface area (Å²) in [6.07, 6.45) is 4.14. The van der Waals surface area contributed by atoms with Crippen LogP contribution in [0.15, 0.2) is 24.3 Å². The largest absolute Gasteiger partial charge is 0.393 e. The molecule has 1 amide bonds. The number of aliphatic hydroxyl groups excluding tert-OH is 1. The minimum atomic E-state index is -0.317. The van der Waals surface area contributed by atoms with Crippen LogP contribution in [0.2, 0.25) is 0 Å². The van der Waals surface area contributed by atoms with Crippen LogP contribution in [-0.2, 0) is 17.6 Å². The van der Waals surface area contributed by atoms with E-state index in [-0.39, 0.29) is 17.9 Å². The highest BCUT2D eigenvalue weighted by Crippen LogP contribution is 2.20. The molecular formula is C18H27NO2. The van der Waals surface area contributed by atoms with Crippen molar-refractivity contribution < 1.29 is 9.90 Å². The molecule has 1 aliphatic rings. The number of hydrogen-bond donors (Lipinski definition) is 1. The zero-order chi connectivity index (χ0) is 15.2. The highest BCUT2D eigenvalue weighted by molar-refractivity contribution is 5.76. The van der Waals surface area contributed by atoms with E-state index in [1.54, 1.807) is 0 Å². The van der Waals surface area contributed by atoms with Crippen LogP contribution in [0.4, 0.5) is 0 Å². The highest BCUT2D eigenvalue weighted by Gasteiger charge is 2.25. The fourth-order valence-electron chi connectivity index (χ4n) is 2.98. The molecule has 1 heterocycles. The molecule has 1 aromatic carbocycles. The second-order valence-electron chi connectivity index (χ2n) is 6.15. The molecule has 2 atom stereocenters. The Morgan fingerprint density at radius 1 is 1.33 bits per heavy atom. The highest BCUT2D eigenvalue weighted by atomic mass is 16.3. The maximum atomic E-state index is 12.3. The number of piperidine rings is 1. The van der Waals surface area contributed by atoms with Crippen molar-refractivity contribution in [3.8, 4) is 0 Å². The van der Waals surface area contributed by atoms with Gasteiger partial charge < -0.3 is 10.0 Å². The Labute approximate surface area is 128 Å². The third kappa shape index (κ3) is 4.57. The molecule has 1 fully saturated rings. The Morgan fingerprint density at radius 2 is 2.00 bits per heavy atom. The Balaban J connectivity index is 1.83. The number of likely N-dealkylation sites (tertiary alicyclic amines) is 1. The van der Waals surface area contributed by atoms with Gasteiger partial charge in [0.15, 0.2) is 0 Å². The molecule has 0 aliphatic carbocycles. The molecule has 2 unspecified atom stereocenters. The van der Waals surface area contributed by atoms with E-state index in [0.717, 1.165) is 32.2 Å². The molecule has 1 aromatic rings. The van der Waals surface area contributed by atoms with Crippen LogP contribution in [0.25, 0.3) is 0 Å². The maximum absolute atomic E-state index is 12.3. The van der Waals surface area contributed by atoms with Crippen LogP contribution in [0, 0.1) is 5.92 Å². The van der Waals surface area contributed by atoms with Gasteiger partial charge in [-0.25, -0.2) is 0 Å². The molecule has 2 rings (SSSR count). The molecule has 0 aromatic heterocycles. The number of benzene rings is 1. The SMILES string of the molecule is CCc1ccc(CCC(=O)N2CCCC(C(C)O)C2)cc1. The summed E-state index contributed by atoms with van der Waals surface area (Å²) in [7, 11) is 0. The minimum absolute atomic E-state index is 0.222. The molecular weight excluding hydrogens is 262 g/mol. The average Bonchev–Trinajstić information content (AvgIpc) is 2.53. The van der Waals surface area contributed by atoms with Gasteiger partial charge >= 0.3 is 0 Å². The van der Waals surface area contributed by atoms with Gasteiger partial charge in [-0.15, -0.1) is 0 Å². The second-order valence-corrected chi connectivity index (χ2v) is 6.15. The average molecular weight is 289 g/mol. The number of carbonyl (C=O) groups excluding carboxylic acids is 1. The Kier molecular flexibility index (Phi) is 5.80. The van der Waals surface area contributed by atoms with Crippen molar-refractivity contribution in [2.45, 2.75) is 52.1 Å². The van der Waals surface area contributed by atoms with Crippen molar-refractivity contribution in [1.82, 2.24) is 4.90 Å². The number of carbonyl (C=O) groups is 1. The first-order valence-corrected chi connectivity index (χ1v) is 8.13. The van der Waals surface area contributed by atoms with Crippen molar-refractivity contribution in [3.63, 3.8) is 0 Å². The van der Waals surface area contributed by atoms with E-state index in [9.17, 15) is 9.90 Å². The van der Waals surface area contributed by atoms with Crippen molar-refractivity contribution in [2.75, 3.05) is 13.1 Å². The Morgan fingerprint density at radius 3 is 2.62 bits per heavy atom. The number of rotatable bonds is 5. The van der Waals surface area contributed by atoms with E-state index in [0.29, 0.717) is 13.0 Å². The van der Waals surface area contributed by atoms with E-state index in [1.165, 1.54) is 11.1 Å². The van der Waals surface area contributed by atoms with Gasteiger partial charge in [0, 0.05) is 25.4 Å². The van der Waals surface area contributed by atoms with Gasteiger partial charge in [-0.05, 0) is 43.7 Å². The third-order valence-corrected chi connectivity index (χ3v) is 4.55. The van der Waals surface area contributed by atoms with Crippen LogP contribution in [0.5, 0.6) is 0 Å². The van der Waals surface area contributed by atoms with Gasteiger partial charge in [0.25, 0.3) is 0 Å². The van der Waals surface area contributed by atoms with E-state index >= 15 is 0 Å². The van der Waals surface area contributed by atoms with E-state index in [2.05, 4.69) is 31.2 Å². The van der Waals surface area contributed by atoms with Gasteiger partial charge in [0.05, 0.1) is 6.10 Å². The lowest BCUT2D eigenvalue weighted by Crippen LogP contribution is -2.43. The lowest BCUT2D eigenvalue weighted by Gasteiger charge is -2.34. The summed E-state index contributed by atoms with van der Waals surface area (Å²) >= 11 is 0. The topological polar surface area (TPSA) is 40.5 Å². The molecule has 0 bridgehead atoms. The molecule has 0 radical (unpaired) electrons. The fourth-order valence-corrected chi connectivity index (χ4v) is 2.98. The number of aliphatic hydroxyl groups is 1. The zero-order valence-electron chi connectivity index (χ0n) is 13.2. The normalized spacial score (nSPS) is 20.3. The van der Waals surface area contributed by atoms with E-state index in [1.807, 2.05) is 11.8 Å². The second kappa shape index (κ2) is 7.60. The molecule has 1 saturated heterocycles. The monoisotopic (exact) mass is 289 g/mol.